The van der Waals surface area contributed by atoms with Crippen LogP contribution in [0, 0.1) is 0 Å². The smallest absolute Gasteiger partial charge is 0.325 e. The quantitative estimate of drug-likeness (QED) is 0.392. The number of amides is 1. The summed E-state index contributed by atoms with van der Waals surface area (Å²) in [4.78, 5) is 21.1. The molecule has 0 fully saturated rings. The molecule has 5 N–H and O–H groups in total. The summed E-state index contributed by atoms with van der Waals surface area (Å²) < 4.78 is 0. The van der Waals surface area contributed by atoms with Gasteiger partial charge in [-0.3, -0.25) is 9.59 Å². The van der Waals surface area contributed by atoms with Crippen molar-refractivity contribution in [1.82, 2.24) is 5.32 Å². The standard InChI is InChI=1S/C6H12N2O4/c1-3(6(11)12)8-5(10)4(7)2-9/h3-4,9H,2,7H2,1H3,(H,8,10)(H,11,12). The first-order valence-electron chi connectivity index (χ1n) is 3.38. The van der Waals surface area contributed by atoms with E-state index in [0.29, 0.717) is 0 Å². The summed E-state index contributed by atoms with van der Waals surface area (Å²) in [5.74, 6) is -1.82. The Balaban J connectivity index is 3.92. The molecule has 0 rings (SSSR count). The van der Waals surface area contributed by atoms with Crippen LogP contribution in [0.2, 0.25) is 0 Å². The van der Waals surface area contributed by atoms with Crippen LogP contribution in [-0.4, -0.2) is 40.8 Å². The van der Waals surface area contributed by atoms with Gasteiger partial charge in [0.2, 0.25) is 5.91 Å². The number of rotatable bonds is 4. The number of nitrogens with two attached hydrogens (primary N) is 1. The summed E-state index contributed by atoms with van der Waals surface area (Å²) in [6.45, 7) is 0.808. The Morgan fingerprint density at radius 1 is 1.58 bits per heavy atom. The van der Waals surface area contributed by atoms with Crippen LogP contribution in [-0.2, 0) is 9.59 Å². The van der Waals surface area contributed by atoms with Crippen LogP contribution in [0.1, 0.15) is 6.92 Å². The van der Waals surface area contributed by atoms with Gasteiger partial charge in [0, 0.05) is 0 Å². The molecule has 0 aromatic heterocycles. The predicted molar refractivity (Wildman–Crippen MR) is 40.3 cm³/mol. The lowest BCUT2D eigenvalue weighted by atomic mass is 10.2. The van der Waals surface area contributed by atoms with Crippen LogP contribution >= 0.6 is 0 Å². The topological polar surface area (TPSA) is 113 Å². The fourth-order valence-electron chi connectivity index (χ4n) is 0.465. The maximum absolute atomic E-state index is 10.8. The molecule has 2 atom stereocenters. The van der Waals surface area contributed by atoms with Gasteiger partial charge in [0.25, 0.3) is 0 Å². The van der Waals surface area contributed by atoms with Crippen molar-refractivity contribution in [3.05, 3.63) is 0 Å². The number of aliphatic hydroxyl groups is 1. The molecule has 0 aromatic rings. The second kappa shape index (κ2) is 4.68. The van der Waals surface area contributed by atoms with Crippen molar-refractivity contribution in [3.8, 4) is 0 Å². The van der Waals surface area contributed by atoms with Crippen molar-refractivity contribution in [2.24, 2.45) is 5.73 Å². The average Bonchev–Trinajstić information content (AvgIpc) is 2.02. The number of carboxylic acid groups (broad SMARTS) is 1. The highest BCUT2D eigenvalue weighted by Crippen LogP contribution is 1.83. The van der Waals surface area contributed by atoms with E-state index in [4.69, 9.17) is 15.9 Å². The Kier molecular flexibility index (Phi) is 4.24. The SMILES string of the molecule is CC(NC(=O)C(N)CO)C(=O)O. The first-order chi connectivity index (χ1) is 5.49. The van der Waals surface area contributed by atoms with E-state index in [1.807, 2.05) is 0 Å². The largest absolute Gasteiger partial charge is 0.480 e. The number of carbonyl (C=O) groups excluding carboxylic acids is 1. The molecule has 0 radical (unpaired) electrons. The number of nitrogens with one attached hydrogen (secondary N) is 1. The van der Waals surface area contributed by atoms with Gasteiger partial charge in [0.05, 0.1) is 6.61 Å². The first kappa shape index (κ1) is 10.9. The monoisotopic (exact) mass is 176 g/mol. The lowest BCUT2D eigenvalue weighted by molar-refractivity contribution is -0.141. The van der Waals surface area contributed by atoms with Crippen molar-refractivity contribution in [2.45, 2.75) is 19.0 Å². The minimum Gasteiger partial charge on any atom is -0.480 e. The van der Waals surface area contributed by atoms with E-state index in [0.717, 1.165) is 0 Å². The Hall–Kier alpha value is -1.14. The molecule has 0 heterocycles. The molecule has 6 heteroatoms. The lowest BCUT2D eigenvalue weighted by Gasteiger charge is -2.12. The third-order valence-corrected chi connectivity index (χ3v) is 1.26. The highest BCUT2D eigenvalue weighted by Gasteiger charge is 2.18. The van der Waals surface area contributed by atoms with E-state index in [2.05, 4.69) is 5.32 Å². The third kappa shape index (κ3) is 3.31. The first-order valence-corrected chi connectivity index (χ1v) is 3.38. The zero-order valence-corrected chi connectivity index (χ0v) is 6.65. The van der Waals surface area contributed by atoms with E-state index < -0.39 is 30.6 Å². The third-order valence-electron chi connectivity index (χ3n) is 1.26. The summed E-state index contributed by atoms with van der Waals surface area (Å²) in [6, 6.07) is -2.05. The van der Waals surface area contributed by atoms with Gasteiger partial charge in [-0.15, -0.1) is 0 Å². The van der Waals surface area contributed by atoms with E-state index >= 15 is 0 Å². The zero-order valence-electron chi connectivity index (χ0n) is 6.65. The maximum Gasteiger partial charge on any atom is 0.325 e. The molecular weight excluding hydrogens is 164 g/mol. The molecule has 6 nitrogen and oxygen atoms in total. The molecular formula is C6H12N2O4. The molecule has 0 bridgehead atoms. The van der Waals surface area contributed by atoms with Gasteiger partial charge in [-0.1, -0.05) is 0 Å². The van der Waals surface area contributed by atoms with E-state index in [1.165, 1.54) is 6.92 Å². The fourth-order valence-corrected chi connectivity index (χ4v) is 0.465. The van der Waals surface area contributed by atoms with Crippen LogP contribution in [0.25, 0.3) is 0 Å². The van der Waals surface area contributed by atoms with Gasteiger partial charge < -0.3 is 21.3 Å². The van der Waals surface area contributed by atoms with Crippen LogP contribution in [0.4, 0.5) is 0 Å². The number of carbonyl (C=O) groups is 2. The Morgan fingerprint density at radius 3 is 2.42 bits per heavy atom. The molecule has 0 aromatic carbocycles. The van der Waals surface area contributed by atoms with E-state index in [1.54, 1.807) is 0 Å². The minimum absolute atomic E-state index is 0.502. The number of carboxylic acids is 1. The number of aliphatic hydroxyl groups excluding tert-OH is 1. The highest BCUT2D eigenvalue weighted by molar-refractivity contribution is 5.86. The Bertz CT molecular complexity index is 182. The average molecular weight is 176 g/mol. The predicted octanol–water partition coefficient (Wildman–Crippen LogP) is -2.10. The van der Waals surface area contributed by atoms with Crippen LogP contribution in [0.5, 0.6) is 0 Å². The summed E-state index contributed by atoms with van der Waals surface area (Å²) in [5.41, 5.74) is 5.11. The number of hydrogen-bond donors (Lipinski definition) is 4. The van der Waals surface area contributed by atoms with Gasteiger partial charge in [-0.25, -0.2) is 0 Å². The molecule has 70 valence electrons. The van der Waals surface area contributed by atoms with E-state index in [9.17, 15) is 9.59 Å². The minimum atomic E-state index is -1.14. The zero-order chi connectivity index (χ0) is 9.72. The molecule has 2 unspecified atom stereocenters. The van der Waals surface area contributed by atoms with Crippen LogP contribution < -0.4 is 11.1 Å². The van der Waals surface area contributed by atoms with Crippen molar-refractivity contribution in [1.29, 1.82) is 0 Å². The molecule has 0 saturated heterocycles. The number of hydrogen-bond acceptors (Lipinski definition) is 4. The maximum atomic E-state index is 10.8. The van der Waals surface area contributed by atoms with Gasteiger partial charge in [-0.05, 0) is 6.92 Å². The van der Waals surface area contributed by atoms with Gasteiger partial charge in [-0.2, -0.15) is 0 Å². The molecule has 0 saturated carbocycles. The summed E-state index contributed by atoms with van der Waals surface area (Å²) in [5, 5.41) is 18.9. The molecule has 0 aliphatic carbocycles. The summed E-state index contributed by atoms with van der Waals surface area (Å²) >= 11 is 0. The molecule has 12 heavy (non-hydrogen) atoms. The molecule has 0 spiro atoms. The van der Waals surface area contributed by atoms with Crippen LogP contribution in [0.15, 0.2) is 0 Å². The van der Waals surface area contributed by atoms with Gasteiger partial charge >= 0.3 is 5.97 Å². The Labute approximate surface area is 69.4 Å². The van der Waals surface area contributed by atoms with E-state index in [-0.39, 0.29) is 0 Å². The van der Waals surface area contributed by atoms with Crippen molar-refractivity contribution >= 4 is 11.9 Å². The second-order valence-electron chi connectivity index (χ2n) is 2.36. The molecule has 0 aliphatic rings. The number of aliphatic carboxylic acids is 1. The van der Waals surface area contributed by atoms with Crippen molar-refractivity contribution < 1.29 is 19.8 Å². The summed E-state index contributed by atoms with van der Waals surface area (Å²) in [7, 11) is 0. The van der Waals surface area contributed by atoms with Crippen molar-refractivity contribution in [2.75, 3.05) is 6.61 Å². The van der Waals surface area contributed by atoms with Crippen LogP contribution in [0.3, 0.4) is 0 Å². The normalized spacial score (nSPS) is 14.9. The van der Waals surface area contributed by atoms with Gasteiger partial charge in [0.15, 0.2) is 0 Å². The second-order valence-corrected chi connectivity index (χ2v) is 2.36. The highest BCUT2D eigenvalue weighted by atomic mass is 16.4. The lowest BCUT2D eigenvalue weighted by Crippen LogP contribution is -2.48. The van der Waals surface area contributed by atoms with Gasteiger partial charge in [0.1, 0.15) is 12.1 Å². The Morgan fingerprint density at radius 2 is 2.08 bits per heavy atom. The summed E-state index contributed by atoms with van der Waals surface area (Å²) in [6.07, 6.45) is 0. The fraction of sp³-hybridized carbons (Fsp3) is 0.667. The molecule has 1 amide bonds. The van der Waals surface area contributed by atoms with Crippen molar-refractivity contribution in [3.63, 3.8) is 0 Å². The molecule has 0 aliphatic heterocycles.